The summed E-state index contributed by atoms with van der Waals surface area (Å²) >= 11 is 1.88. The van der Waals surface area contributed by atoms with Gasteiger partial charge in [-0.3, -0.25) is 0 Å². The van der Waals surface area contributed by atoms with Gasteiger partial charge in [0.05, 0.1) is 22.2 Å². The molecule has 0 aliphatic heterocycles. The van der Waals surface area contributed by atoms with E-state index in [1.165, 1.54) is 53.1 Å². The van der Waals surface area contributed by atoms with E-state index in [2.05, 4.69) is 174 Å². The van der Waals surface area contributed by atoms with Gasteiger partial charge in [-0.1, -0.05) is 146 Å². The van der Waals surface area contributed by atoms with Crippen LogP contribution in [0, 0.1) is 0 Å². The van der Waals surface area contributed by atoms with Crippen molar-refractivity contribution in [2.75, 3.05) is 0 Å². The first-order chi connectivity index (χ1) is 26.8. The monoisotopic (exact) mass is 705 g/mol. The number of nitrogens with zero attached hydrogens (tertiary/aromatic N) is 3. The molecule has 0 bridgehead atoms. The van der Waals surface area contributed by atoms with Crippen molar-refractivity contribution in [2.24, 2.45) is 0 Å². The third-order valence-corrected chi connectivity index (χ3v) is 11.9. The number of para-hydroxylation sites is 2. The highest BCUT2D eigenvalue weighted by atomic mass is 32.1. The SMILES string of the molecule is c1ccc(-c2nc(-c3ccc(-c4ccc(-n5c6ccccc6c6cc(-c7cccc8c7sc7ccccc78)ccc65)cc4)cc3)nc3ccccc23)cc1. The van der Waals surface area contributed by atoms with Crippen molar-refractivity contribution >= 4 is 64.2 Å². The summed E-state index contributed by atoms with van der Waals surface area (Å²) in [6, 6.07) is 67.3. The first-order valence-corrected chi connectivity index (χ1v) is 19.1. The molecule has 8 aromatic carbocycles. The normalized spacial score (nSPS) is 11.7. The minimum Gasteiger partial charge on any atom is -0.309 e. The number of hydrogen-bond donors (Lipinski definition) is 0. The quantitative estimate of drug-likeness (QED) is 0.178. The van der Waals surface area contributed by atoms with Crippen molar-refractivity contribution in [3.63, 3.8) is 0 Å². The third-order valence-electron chi connectivity index (χ3n) is 10.6. The predicted octanol–water partition coefficient (Wildman–Crippen LogP) is 13.8. The fourth-order valence-electron chi connectivity index (χ4n) is 8.03. The van der Waals surface area contributed by atoms with Gasteiger partial charge in [-0.05, 0) is 64.7 Å². The number of thiophene rings is 1. The molecule has 0 N–H and O–H groups in total. The summed E-state index contributed by atoms with van der Waals surface area (Å²) < 4.78 is 5.06. The highest BCUT2D eigenvalue weighted by Crippen LogP contribution is 2.42. The van der Waals surface area contributed by atoms with Gasteiger partial charge in [0.25, 0.3) is 0 Å². The smallest absolute Gasteiger partial charge is 0.160 e. The lowest BCUT2D eigenvalue weighted by Gasteiger charge is -2.11. The zero-order chi connectivity index (χ0) is 35.6. The Balaban J connectivity index is 0.949. The van der Waals surface area contributed by atoms with Crippen LogP contribution in [0.1, 0.15) is 0 Å². The summed E-state index contributed by atoms with van der Waals surface area (Å²) in [5, 5.41) is 6.21. The molecule has 0 atom stereocenters. The molecule has 0 saturated heterocycles. The van der Waals surface area contributed by atoms with Crippen molar-refractivity contribution < 1.29 is 0 Å². The number of rotatable bonds is 5. The van der Waals surface area contributed by atoms with Crippen molar-refractivity contribution in [2.45, 2.75) is 0 Å². The van der Waals surface area contributed by atoms with Crippen LogP contribution in [0.2, 0.25) is 0 Å². The van der Waals surface area contributed by atoms with E-state index >= 15 is 0 Å². The molecule has 0 fully saturated rings. The van der Waals surface area contributed by atoms with Crippen LogP contribution in [0.25, 0.3) is 103 Å². The van der Waals surface area contributed by atoms with Crippen LogP contribution >= 0.6 is 11.3 Å². The van der Waals surface area contributed by atoms with E-state index in [1.54, 1.807) is 0 Å². The van der Waals surface area contributed by atoms with E-state index in [9.17, 15) is 0 Å². The minimum atomic E-state index is 0.726. The Morgan fingerprint density at radius 3 is 1.85 bits per heavy atom. The Hall–Kier alpha value is -6.88. The average Bonchev–Trinajstić information content (AvgIpc) is 3.79. The molecule has 0 unspecified atom stereocenters. The van der Waals surface area contributed by atoms with Gasteiger partial charge in [0.1, 0.15) is 0 Å². The molecule has 11 rings (SSSR count). The lowest BCUT2D eigenvalue weighted by molar-refractivity contribution is 1.18. The number of fused-ring (bicyclic) bond motifs is 7. The van der Waals surface area contributed by atoms with E-state index in [0.717, 1.165) is 50.4 Å². The predicted molar refractivity (Wildman–Crippen MR) is 229 cm³/mol. The Morgan fingerprint density at radius 2 is 1.02 bits per heavy atom. The van der Waals surface area contributed by atoms with Crippen molar-refractivity contribution in [3.8, 4) is 50.6 Å². The standard InChI is InChI=1S/C50H31N3S/c1-2-11-34(12-3-1)48-42-15-4-7-18-44(42)51-50(52-48)35-23-21-32(22-24-35)33-25-28-37(29-26-33)53-45-19-8-5-13-39(45)43-31-36(27-30-46(43)53)38-16-10-17-41-40-14-6-9-20-47(40)54-49(38)41/h1-31H. The highest BCUT2D eigenvalue weighted by molar-refractivity contribution is 7.26. The van der Waals surface area contributed by atoms with Gasteiger partial charge in [-0.25, -0.2) is 9.97 Å². The second-order valence-electron chi connectivity index (χ2n) is 13.8. The molecule has 11 aromatic rings. The van der Waals surface area contributed by atoms with Crippen molar-refractivity contribution in [1.82, 2.24) is 14.5 Å². The van der Waals surface area contributed by atoms with Gasteiger partial charge in [0.15, 0.2) is 5.82 Å². The van der Waals surface area contributed by atoms with E-state index in [0.29, 0.717) is 0 Å². The molecule has 0 radical (unpaired) electrons. The fraction of sp³-hybridized carbons (Fsp3) is 0. The van der Waals surface area contributed by atoms with Gasteiger partial charge in [-0.2, -0.15) is 0 Å². The number of benzene rings is 8. The maximum Gasteiger partial charge on any atom is 0.160 e. The van der Waals surface area contributed by atoms with Crippen molar-refractivity contribution in [3.05, 3.63) is 188 Å². The van der Waals surface area contributed by atoms with Crippen LogP contribution < -0.4 is 0 Å². The molecular weight excluding hydrogens is 675 g/mol. The van der Waals surface area contributed by atoms with E-state index in [4.69, 9.17) is 9.97 Å². The number of hydrogen-bond acceptors (Lipinski definition) is 3. The molecular formula is C50H31N3S. The summed E-state index contributed by atoms with van der Waals surface area (Å²) in [6.07, 6.45) is 0. The molecule has 3 aromatic heterocycles. The Labute approximate surface area is 316 Å². The minimum absolute atomic E-state index is 0.726. The Bertz CT molecular complexity index is 3190. The van der Waals surface area contributed by atoms with Gasteiger partial charge in [0, 0.05) is 53.1 Å². The van der Waals surface area contributed by atoms with Crippen LogP contribution in [0.5, 0.6) is 0 Å². The summed E-state index contributed by atoms with van der Waals surface area (Å²) in [5.74, 6) is 0.726. The number of aromatic nitrogens is 3. The van der Waals surface area contributed by atoms with Crippen LogP contribution in [0.3, 0.4) is 0 Å². The second kappa shape index (κ2) is 12.4. The molecule has 4 heteroatoms. The topological polar surface area (TPSA) is 30.7 Å². The fourth-order valence-corrected chi connectivity index (χ4v) is 9.27. The molecule has 3 heterocycles. The van der Waals surface area contributed by atoms with E-state index in [1.807, 2.05) is 29.5 Å². The van der Waals surface area contributed by atoms with Crippen LogP contribution in [0.15, 0.2) is 188 Å². The molecule has 0 amide bonds. The van der Waals surface area contributed by atoms with E-state index < -0.39 is 0 Å². The largest absolute Gasteiger partial charge is 0.309 e. The van der Waals surface area contributed by atoms with Crippen LogP contribution in [-0.2, 0) is 0 Å². The van der Waals surface area contributed by atoms with Gasteiger partial charge in [-0.15, -0.1) is 11.3 Å². The summed E-state index contributed by atoms with van der Waals surface area (Å²) in [6.45, 7) is 0. The van der Waals surface area contributed by atoms with Gasteiger partial charge >= 0.3 is 0 Å². The Morgan fingerprint density at radius 1 is 0.389 bits per heavy atom. The summed E-state index contributed by atoms with van der Waals surface area (Å²) in [7, 11) is 0. The van der Waals surface area contributed by atoms with Gasteiger partial charge < -0.3 is 4.57 Å². The average molecular weight is 706 g/mol. The first-order valence-electron chi connectivity index (χ1n) is 18.2. The lowest BCUT2D eigenvalue weighted by Crippen LogP contribution is -1.95. The molecule has 0 saturated carbocycles. The zero-order valence-corrected chi connectivity index (χ0v) is 30.0. The molecule has 0 aliphatic rings. The Kier molecular flexibility index (Phi) is 7.04. The molecule has 0 spiro atoms. The van der Waals surface area contributed by atoms with Crippen molar-refractivity contribution in [1.29, 1.82) is 0 Å². The third kappa shape index (κ3) is 4.96. The van der Waals surface area contributed by atoms with E-state index in [-0.39, 0.29) is 0 Å². The second-order valence-corrected chi connectivity index (χ2v) is 14.8. The maximum atomic E-state index is 5.06. The lowest BCUT2D eigenvalue weighted by atomic mass is 10.0. The maximum absolute atomic E-state index is 5.06. The molecule has 54 heavy (non-hydrogen) atoms. The molecule has 0 aliphatic carbocycles. The summed E-state index contributed by atoms with van der Waals surface area (Å²) in [4.78, 5) is 10.0. The van der Waals surface area contributed by atoms with Gasteiger partial charge in [0.2, 0.25) is 0 Å². The molecule has 3 nitrogen and oxygen atoms in total. The molecule has 252 valence electrons. The highest BCUT2D eigenvalue weighted by Gasteiger charge is 2.16. The first kappa shape index (κ1) is 30.7. The van der Waals surface area contributed by atoms with Crippen LogP contribution in [-0.4, -0.2) is 14.5 Å². The summed E-state index contributed by atoms with van der Waals surface area (Å²) in [5.41, 5.74) is 12.3. The zero-order valence-electron chi connectivity index (χ0n) is 29.1. The van der Waals surface area contributed by atoms with Crippen LogP contribution in [0.4, 0.5) is 0 Å².